The van der Waals surface area contributed by atoms with Gasteiger partial charge in [0.05, 0.1) is 11.1 Å². The smallest absolute Gasteiger partial charge is 0.254 e. The second-order valence-electron chi connectivity index (χ2n) is 5.05. The summed E-state index contributed by atoms with van der Waals surface area (Å²) in [7, 11) is 3.23. The van der Waals surface area contributed by atoms with Crippen molar-refractivity contribution in [2.45, 2.75) is 6.61 Å². The van der Waals surface area contributed by atoms with Gasteiger partial charge in [-0.05, 0) is 23.8 Å². The van der Waals surface area contributed by atoms with E-state index in [-0.39, 0.29) is 17.0 Å². The largest absolute Gasteiger partial charge is 0.489 e. The first-order chi connectivity index (χ1) is 10.5. The van der Waals surface area contributed by atoms with E-state index in [1.165, 1.54) is 11.0 Å². The minimum absolute atomic E-state index is 0.186. The third-order valence-electron chi connectivity index (χ3n) is 3.14. The molecule has 0 aliphatic heterocycles. The number of hydrogen-bond donors (Lipinski definition) is 1. The van der Waals surface area contributed by atoms with Crippen molar-refractivity contribution in [1.29, 1.82) is 0 Å². The van der Waals surface area contributed by atoms with E-state index in [1.807, 2.05) is 30.3 Å². The number of nitrogens with two attached hydrogens (primary N) is 1. The molecule has 0 fully saturated rings. The fraction of sp³-hybridized carbons (Fsp3) is 0.176. The Hall–Kier alpha value is -2.82. The van der Waals surface area contributed by atoms with Crippen molar-refractivity contribution in [2.75, 3.05) is 14.1 Å². The fourth-order valence-electron chi connectivity index (χ4n) is 1.99. The molecule has 2 aromatic carbocycles. The summed E-state index contributed by atoms with van der Waals surface area (Å²) in [5, 5.41) is 0. The molecule has 0 unspecified atom stereocenters. The lowest BCUT2D eigenvalue weighted by Crippen LogP contribution is -2.25. The van der Waals surface area contributed by atoms with E-state index in [4.69, 9.17) is 10.5 Å². The van der Waals surface area contributed by atoms with Gasteiger partial charge in [-0.3, -0.25) is 9.59 Å². The first kappa shape index (κ1) is 15.6. The number of rotatable bonds is 5. The zero-order valence-electron chi connectivity index (χ0n) is 12.6. The first-order valence-electron chi connectivity index (χ1n) is 6.81. The SMILES string of the molecule is CN(C)C(=O)c1cc(OCc2ccccc2)ccc1C(N)=O. The first-order valence-corrected chi connectivity index (χ1v) is 6.81. The number of hydrogen-bond acceptors (Lipinski definition) is 3. The maximum atomic E-state index is 12.2. The molecular formula is C17H18N2O3. The summed E-state index contributed by atoms with van der Waals surface area (Å²) in [4.78, 5) is 25.0. The number of carbonyl (C=O) groups excluding carboxylic acids is 2. The van der Waals surface area contributed by atoms with Crippen molar-refractivity contribution in [3.05, 3.63) is 65.2 Å². The summed E-state index contributed by atoms with van der Waals surface area (Å²) in [6.07, 6.45) is 0. The molecule has 0 atom stereocenters. The fourth-order valence-corrected chi connectivity index (χ4v) is 1.99. The number of benzene rings is 2. The number of primary amides is 1. The lowest BCUT2D eigenvalue weighted by molar-refractivity contribution is 0.0820. The molecule has 0 aromatic heterocycles. The van der Waals surface area contributed by atoms with Crippen LogP contribution in [0.1, 0.15) is 26.3 Å². The van der Waals surface area contributed by atoms with E-state index >= 15 is 0 Å². The third-order valence-corrected chi connectivity index (χ3v) is 3.14. The molecule has 0 spiro atoms. The molecule has 0 bridgehead atoms. The zero-order chi connectivity index (χ0) is 16.1. The molecular weight excluding hydrogens is 280 g/mol. The number of nitrogens with zero attached hydrogens (tertiary/aromatic N) is 1. The Labute approximate surface area is 129 Å². The van der Waals surface area contributed by atoms with E-state index in [1.54, 1.807) is 26.2 Å². The van der Waals surface area contributed by atoms with Crippen LogP contribution >= 0.6 is 0 Å². The maximum Gasteiger partial charge on any atom is 0.254 e. The topological polar surface area (TPSA) is 72.6 Å². The molecule has 0 heterocycles. The van der Waals surface area contributed by atoms with Crippen LogP contribution in [-0.2, 0) is 6.61 Å². The normalized spacial score (nSPS) is 10.1. The second-order valence-corrected chi connectivity index (χ2v) is 5.05. The van der Waals surface area contributed by atoms with Gasteiger partial charge < -0.3 is 15.4 Å². The lowest BCUT2D eigenvalue weighted by atomic mass is 10.1. The Kier molecular flexibility index (Phi) is 4.78. The van der Waals surface area contributed by atoms with E-state index in [0.717, 1.165) is 5.56 Å². The highest BCUT2D eigenvalue weighted by Gasteiger charge is 2.17. The van der Waals surface area contributed by atoms with Gasteiger partial charge in [-0.15, -0.1) is 0 Å². The molecule has 22 heavy (non-hydrogen) atoms. The van der Waals surface area contributed by atoms with E-state index in [0.29, 0.717) is 12.4 Å². The van der Waals surface area contributed by atoms with Crippen molar-refractivity contribution < 1.29 is 14.3 Å². The van der Waals surface area contributed by atoms with Crippen LogP contribution in [0.3, 0.4) is 0 Å². The summed E-state index contributed by atoms with van der Waals surface area (Å²) in [6.45, 7) is 0.381. The van der Waals surface area contributed by atoms with Crippen LogP contribution in [0, 0.1) is 0 Å². The Morgan fingerprint density at radius 3 is 2.32 bits per heavy atom. The molecule has 5 heteroatoms. The Morgan fingerprint density at radius 2 is 1.73 bits per heavy atom. The predicted molar refractivity (Wildman–Crippen MR) is 83.8 cm³/mol. The van der Waals surface area contributed by atoms with Gasteiger partial charge in [-0.1, -0.05) is 30.3 Å². The highest BCUT2D eigenvalue weighted by molar-refractivity contribution is 6.06. The van der Waals surface area contributed by atoms with Crippen molar-refractivity contribution in [1.82, 2.24) is 4.90 Å². The van der Waals surface area contributed by atoms with Gasteiger partial charge in [-0.2, -0.15) is 0 Å². The Bertz CT molecular complexity index is 682. The highest BCUT2D eigenvalue weighted by Crippen LogP contribution is 2.20. The van der Waals surface area contributed by atoms with Crippen LogP contribution < -0.4 is 10.5 Å². The Morgan fingerprint density at radius 1 is 1.05 bits per heavy atom. The number of amides is 2. The van der Waals surface area contributed by atoms with Crippen LogP contribution in [0.4, 0.5) is 0 Å². The molecule has 2 amide bonds. The van der Waals surface area contributed by atoms with Gasteiger partial charge in [0.2, 0.25) is 5.91 Å². The minimum atomic E-state index is -0.639. The Balaban J connectivity index is 2.25. The average molecular weight is 298 g/mol. The van der Waals surface area contributed by atoms with Gasteiger partial charge in [0.25, 0.3) is 5.91 Å². The van der Waals surface area contributed by atoms with E-state index in [2.05, 4.69) is 0 Å². The van der Waals surface area contributed by atoms with Gasteiger partial charge in [0.1, 0.15) is 12.4 Å². The van der Waals surface area contributed by atoms with Gasteiger partial charge >= 0.3 is 0 Å². The van der Waals surface area contributed by atoms with Crippen LogP contribution in [-0.4, -0.2) is 30.8 Å². The molecule has 5 nitrogen and oxygen atoms in total. The van der Waals surface area contributed by atoms with Gasteiger partial charge in [0.15, 0.2) is 0 Å². The number of carbonyl (C=O) groups is 2. The molecule has 0 saturated heterocycles. The molecule has 0 aliphatic carbocycles. The summed E-state index contributed by atoms with van der Waals surface area (Å²) in [5.41, 5.74) is 6.76. The zero-order valence-corrected chi connectivity index (χ0v) is 12.6. The lowest BCUT2D eigenvalue weighted by Gasteiger charge is -2.14. The van der Waals surface area contributed by atoms with Crippen LogP contribution in [0.2, 0.25) is 0 Å². The average Bonchev–Trinajstić information content (AvgIpc) is 2.52. The van der Waals surface area contributed by atoms with Crippen LogP contribution in [0.15, 0.2) is 48.5 Å². The van der Waals surface area contributed by atoms with Crippen molar-refractivity contribution in [3.63, 3.8) is 0 Å². The van der Waals surface area contributed by atoms with Crippen molar-refractivity contribution in [3.8, 4) is 5.75 Å². The predicted octanol–water partition coefficient (Wildman–Crippen LogP) is 2.07. The van der Waals surface area contributed by atoms with Crippen molar-refractivity contribution in [2.24, 2.45) is 5.73 Å². The van der Waals surface area contributed by atoms with Gasteiger partial charge in [0, 0.05) is 14.1 Å². The summed E-state index contributed by atoms with van der Waals surface area (Å²) < 4.78 is 5.67. The van der Waals surface area contributed by atoms with Crippen LogP contribution in [0.5, 0.6) is 5.75 Å². The quantitative estimate of drug-likeness (QED) is 0.918. The molecule has 0 saturated carbocycles. The molecule has 2 N–H and O–H groups in total. The molecule has 2 aromatic rings. The highest BCUT2D eigenvalue weighted by atomic mass is 16.5. The summed E-state index contributed by atoms with van der Waals surface area (Å²) >= 11 is 0. The summed E-state index contributed by atoms with van der Waals surface area (Å²) in [6, 6.07) is 14.4. The molecule has 0 radical (unpaired) electrons. The van der Waals surface area contributed by atoms with Crippen LogP contribution in [0.25, 0.3) is 0 Å². The number of ether oxygens (including phenoxy) is 1. The molecule has 114 valence electrons. The molecule has 2 rings (SSSR count). The van der Waals surface area contributed by atoms with E-state index in [9.17, 15) is 9.59 Å². The van der Waals surface area contributed by atoms with Crippen molar-refractivity contribution >= 4 is 11.8 Å². The monoisotopic (exact) mass is 298 g/mol. The van der Waals surface area contributed by atoms with E-state index < -0.39 is 5.91 Å². The second kappa shape index (κ2) is 6.76. The molecule has 0 aliphatic rings. The minimum Gasteiger partial charge on any atom is -0.489 e. The standard InChI is InChI=1S/C17H18N2O3/c1-19(2)17(21)15-10-13(8-9-14(15)16(18)20)22-11-12-6-4-3-5-7-12/h3-10H,11H2,1-2H3,(H2,18,20). The maximum absolute atomic E-state index is 12.2. The van der Waals surface area contributed by atoms with Gasteiger partial charge in [-0.25, -0.2) is 0 Å². The summed E-state index contributed by atoms with van der Waals surface area (Å²) in [5.74, 6) is -0.419. The third kappa shape index (κ3) is 3.63.